The lowest BCUT2D eigenvalue weighted by Crippen LogP contribution is -2.64. The number of aromatic nitrogens is 3. The lowest BCUT2D eigenvalue weighted by Gasteiger charge is -2.52. The first-order valence-corrected chi connectivity index (χ1v) is 10.0. The zero-order valence-corrected chi connectivity index (χ0v) is 17.1. The number of rotatable bonds is 5. The molecule has 8 nitrogen and oxygen atoms in total. The highest BCUT2D eigenvalue weighted by Crippen LogP contribution is 2.40. The van der Waals surface area contributed by atoms with E-state index in [4.69, 9.17) is 4.74 Å². The molecule has 0 aromatic carbocycles. The highest BCUT2D eigenvalue weighted by atomic mass is 16.5. The molecule has 2 atom stereocenters. The number of amides is 2. The van der Waals surface area contributed by atoms with Gasteiger partial charge in [0.05, 0.1) is 11.7 Å². The van der Waals surface area contributed by atoms with Gasteiger partial charge in [0, 0.05) is 44.3 Å². The predicted molar refractivity (Wildman–Crippen MR) is 106 cm³/mol. The normalized spacial score (nSPS) is 22.7. The van der Waals surface area contributed by atoms with Gasteiger partial charge >= 0.3 is 0 Å². The van der Waals surface area contributed by atoms with Crippen LogP contribution < -0.4 is 0 Å². The molecule has 0 spiro atoms. The van der Waals surface area contributed by atoms with Gasteiger partial charge in [-0.2, -0.15) is 5.10 Å². The summed E-state index contributed by atoms with van der Waals surface area (Å²) in [4.78, 5) is 33.2. The van der Waals surface area contributed by atoms with Crippen molar-refractivity contribution in [1.29, 1.82) is 0 Å². The fourth-order valence-electron chi connectivity index (χ4n) is 4.47. The van der Waals surface area contributed by atoms with E-state index in [1.165, 1.54) is 0 Å². The molecule has 154 valence electrons. The molecule has 0 N–H and O–H groups in total. The Morgan fingerprint density at radius 1 is 1.21 bits per heavy atom. The number of carbonyl (C=O) groups excluding carboxylic acids is 2. The Kier molecular flexibility index (Phi) is 5.36. The van der Waals surface area contributed by atoms with E-state index in [1.54, 1.807) is 24.2 Å². The van der Waals surface area contributed by atoms with Crippen LogP contribution in [0.5, 0.6) is 0 Å². The summed E-state index contributed by atoms with van der Waals surface area (Å²) in [7, 11) is 1.58. The molecule has 2 amide bonds. The van der Waals surface area contributed by atoms with Crippen molar-refractivity contribution in [2.45, 2.75) is 51.4 Å². The summed E-state index contributed by atoms with van der Waals surface area (Å²) in [5, 5.41) is 4.38. The van der Waals surface area contributed by atoms with E-state index < -0.39 is 6.10 Å². The van der Waals surface area contributed by atoms with Crippen LogP contribution >= 0.6 is 0 Å². The summed E-state index contributed by atoms with van der Waals surface area (Å²) in [5.74, 6) is 0.103. The summed E-state index contributed by atoms with van der Waals surface area (Å²) in [6.07, 6.45) is 4.58. The SMILES string of the molecule is CO[C@H]1C(=O)N(C2CCN(C(=O)Cn3nc(C)cc3C)CC2)[C@H]1c1ccncc1. The van der Waals surface area contributed by atoms with Crippen LogP contribution in [0.4, 0.5) is 0 Å². The van der Waals surface area contributed by atoms with Gasteiger partial charge < -0.3 is 14.5 Å². The number of piperidine rings is 1. The number of hydrogen-bond acceptors (Lipinski definition) is 5. The van der Waals surface area contributed by atoms with Crippen LogP contribution in [0.1, 0.15) is 35.8 Å². The standard InChI is InChI=1S/C21H27N5O3/c1-14-12-15(2)25(23-14)13-18(27)24-10-6-17(7-11-24)26-19(20(29-3)21(26)28)16-4-8-22-9-5-16/h4-5,8-9,12,17,19-20H,6-7,10-11,13H2,1-3H3/t19-,20+/m0/s1. The van der Waals surface area contributed by atoms with E-state index >= 15 is 0 Å². The zero-order chi connectivity index (χ0) is 20.5. The van der Waals surface area contributed by atoms with Crippen molar-refractivity contribution in [3.05, 3.63) is 47.5 Å². The van der Waals surface area contributed by atoms with E-state index in [0.717, 1.165) is 29.8 Å². The summed E-state index contributed by atoms with van der Waals surface area (Å²) >= 11 is 0. The predicted octanol–water partition coefficient (Wildman–Crippen LogP) is 1.48. The third-order valence-corrected chi connectivity index (χ3v) is 5.98. The Labute approximate surface area is 170 Å². The highest BCUT2D eigenvalue weighted by molar-refractivity contribution is 5.89. The molecule has 8 heteroatoms. The Bertz CT molecular complexity index is 889. The van der Waals surface area contributed by atoms with Crippen LogP contribution in [0.15, 0.2) is 30.6 Å². The first kappa shape index (κ1) is 19.6. The summed E-state index contributed by atoms with van der Waals surface area (Å²) in [6.45, 7) is 5.44. The summed E-state index contributed by atoms with van der Waals surface area (Å²) in [5.41, 5.74) is 2.94. The van der Waals surface area contributed by atoms with Crippen molar-refractivity contribution < 1.29 is 14.3 Å². The number of methoxy groups -OCH3 is 1. The van der Waals surface area contributed by atoms with Crippen LogP contribution in [0.25, 0.3) is 0 Å². The maximum Gasteiger partial charge on any atom is 0.255 e. The van der Waals surface area contributed by atoms with Crippen LogP contribution in [0, 0.1) is 13.8 Å². The van der Waals surface area contributed by atoms with Gasteiger partial charge in [0.2, 0.25) is 5.91 Å². The number of likely N-dealkylation sites (tertiary alicyclic amines) is 2. The van der Waals surface area contributed by atoms with Gasteiger partial charge in [0.15, 0.2) is 6.10 Å². The molecule has 0 aliphatic carbocycles. The number of carbonyl (C=O) groups is 2. The van der Waals surface area contributed by atoms with E-state index in [9.17, 15) is 9.59 Å². The van der Waals surface area contributed by atoms with Gasteiger partial charge in [-0.3, -0.25) is 19.3 Å². The number of ether oxygens (including phenoxy) is 1. The van der Waals surface area contributed by atoms with Crippen molar-refractivity contribution in [1.82, 2.24) is 24.6 Å². The number of pyridine rings is 1. The Morgan fingerprint density at radius 3 is 2.48 bits per heavy atom. The molecule has 2 aliphatic heterocycles. The average Bonchev–Trinajstić information content (AvgIpc) is 3.04. The van der Waals surface area contributed by atoms with Gasteiger partial charge in [0.25, 0.3) is 5.91 Å². The van der Waals surface area contributed by atoms with Gasteiger partial charge in [-0.15, -0.1) is 0 Å². The molecule has 2 fully saturated rings. The zero-order valence-electron chi connectivity index (χ0n) is 17.1. The van der Waals surface area contributed by atoms with E-state index in [2.05, 4.69) is 10.1 Å². The molecule has 4 rings (SSSR count). The average molecular weight is 397 g/mol. The Morgan fingerprint density at radius 2 is 1.90 bits per heavy atom. The largest absolute Gasteiger partial charge is 0.369 e. The van der Waals surface area contributed by atoms with Crippen molar-refractivity contribution in [2.24, 2.45) is 0 Å². The smallest absolute Gasteiger partial charge is 0.255 e. The molecule has 2 aromatic heterocycles. The Balaban J connectivity index is 1.39. The molecule has 0 saturated carbocycles. The first-order chi connectivity index (χ1) is 14.0. The fraction of sp³-hybridized carbons (Fsp3) is 0.524. The van der Waals surface area contributed by atoms with Crippen molar-refractivity contribution in [3.63, 3.8) is 0 Å². The maximum absolute atomic E-state index is 12.7. The quantitative estimate of drug-likeness (QED) is 0.714. The minimum Gasteiger partial charge on any atom is -0.369 e. The second-order valence-corrected chi connectivity index (χ2v) is 7.82. The summed E-state index contributed by atoms with van der Waals surface area (Å²) < 4.78 is 7.19. The minimum atomic E-state index is -0.442. The van der Waals surface area contributed by atoms with E-state index in [-0.39, 0.29) is 30.4 Å². The lowest BCUT2D eigenvalue weighted by molar-refractivity contribution is -0.178. The van der Waals surface area contributed by atoms with Crippen LogP contribution in [0.2, 0.25) is 0 Å². The third-order valence-electron chi connectivity index (χ3n) is 5.98. The molecule has 4 heterocycles. The monoisotopic (exact) mass is 397 g/mol. The van der Waals surface area contributed by atoms with Crippen molar-refractivity contribution >= 4 is 11.8 Å². The molecular formula is C21H27N5O3. The maximum atomic E-state index is 12.7. The first-order valence-electron chi connectivity index (χ1n) is 10.0. The van der Waals surface area contributed by atoms with Crippen LogP contribution in [0.3, 0.4) is 0 Å². The third kappa shape index (κ3) is 3.64. The Hall–Kier alpha value is -2.74. The summed E-state index contributed by atoms with van der Waals surface area (Å²) in [6, 6.07) is 5.87. The second-order valence-electron chi connectivity index (χ2n) is 7.82. The number of aryl methyl sites for hydroxylation is 2. The van der Waals surface area contributed by atoms with E-state index in [1.807, 2.05) is 41.8 Å². The van der Waals surface area contributed by atoms with Crippen LogP contribution in [-0.4, -0.2) is 68.7 Å². The topological polar surface area (TPSA) is 80.6 Å². The molecule has 2 aromatic rings. The lowest BCUT2D eigenvalue weighted by atomic mass is 9.86. The van der Waals surface area contributed by atoms with Crippen molar-refractivity contribution in [2.75, 3.05) is 20.2 Å². The molecule has 0 bridgehead atoms. The molecule has 0 unspecified atom stereocenters. The molecule has 2 aliphatic rings. The molecular weight excluding hydrogens is 370 g/mol. The minimum absolute atomic E-state index is 0.0294. The van der Waals surface area contributed by atoms with E-state index in [0.29, 0.717) is 13.1 Å². The van der Waals surface area contributed by atoms with Gasteiger partial charge in [-0.05, 0) is 50.5 Å². The highest BCUT2D eigenvalue weighted by Gasteiger charge is 2.51. The van der Waals surface area contributed by atoms with Gasteiger partial charge in [-0.25, -0.2) is 0 Å². The number of hydrogen-bond donors (Lipinski definition) is 0. The fourth-order valence-corrected chi connectivity index (χ4v) is 4.47. The molecule has 2 saturated heterocycles. The number of β-lactam (4-membered cyclic amide) rings is 1. The molecule has 0 radical (unpaired) electrons. The van der Waals surface area contributed by atoms with Gasteiger partial charge in [0.1, 0.15) is 6.54 Å². The number of nitrogens with zero attached hydrogens (tertiary/aromatic N) is 5. The van der Waals surface area contributed by atoms with Crippen LogP contribution in [-0.2, 0) is 20.9 Å². The van der Waals surface area contributed by atoms with Gasteiger partial charge in [-0.1, -0.05) is 0 Å². The molecule has 29 heavy (non-hydrogen) atoms. The van der Waals surface area contributed by atoms with Crippen molar-refractivity contribution in [3.8, 4) is 0 Å². The second kappa shape index (κ2) is 7.94.